The largest absolute Gasteiger partial charge is 0.462 e. The summed E-state index contributed by atoms with van der Waals surface area (Å²) in [4.78, 5) is 23.1. The number of hydrogen-bond donors (Lipinski definition) is 1. The minimum absolute atomic E-state index is 0.0426. The molecule has 9 nitrogen and oxygen atoms in total. The number of nitro groups is 1. The van der Waals surface area contributed by atoms with E-state index in [0.29, 0.717) is 23.4 Å². The summed E-state index contributed by atoms with van der Waals surface area (Å²) in [6.07, 6.45) is 3.20. The zero-order chi connectivity index (χ0) is 23.3. The van der Waals surface area contributed by atoms with Crippen LogP contribution < -0.4 is 5.01 Å². The molecule has 2 aromatic carbocycles. The molecule has 0 amide bonds. The zero-order valence-corrected chi connectivity index (χ0v) is 18.5. The van der Waals surface area contributed by atoms with Gasteiger partial charge in [-0.2, -0.15) is 5.10 Å². The minimum atomic E-state index is -2.14. The lowest BCUT2D eigenvalue weighted by molar-refractivity contribution is -0.384. The van der Waals surface area contributed by atoms with Crippen molar-refractivity contribution in [2.75, 3.05) is 11.6 Å². The third kappa shape index (κ3) is 5.09. The van der Waals surface area contributed by atoms with Crippen LogP contribution >= 0.6 is 0 Å². The molecule has 1 aliphatic carbocycles. The van der Waals surface area contributed by atoms with Crippen LogP contribution in [-0.2, 0) is 27.0 Å². The molecule has 0 aromatic heterocycles. The maximum Gasteiger partial charge on any atom is 0.351 e. The van der Waals surface area contributed by atoms with E-state index in [1.54, 1.807) is 25.1 Å². The quantitative estimate of drug-likeness (QED) is 0.206. The first-order valence-electron chi connectivity index (χ1n) is 10.1. The van der Waals surface area contributed by atoms with E-state index in [1.807, 2.05) is 6.92 Å². The SMILES string of the molecule is CCOC(=O)/C=N/N(C1=C(CC)CCc2ccc([N+](=O)[O-])cc21)c1ccc(S(=O)O)cc1. The molecule has 1 unspecified atom stereocenters. The molecule has 32 heavy (non-hydrogen) atoms. The van der Waals surface area contributed by atoms with Gasteiger partial charge in [-0.05, 0) is 61.6 Å². The predicted molar refractivity (Wildman–Crippen MR) is 122 cm³/mol. The number of benzene rings is 2. The average molecular weight is 458 g/mol. The summed E-state index contributed by atoms with van der Waals surface area (Å²) in [5.41, 5.74) is 3.76. The van der Waals surface area contributed by atoms with Crippen molar-refractivity contribution in [2.24, 2.45) is 5.10 Å². The zero-order valence-electron chi connectivity index (χ0n) is 17.7. The Bertz CT molecular complexity index is 1110. The van der Waals surface area contributed by atoms with E-state index in [1.165, 1.54) is 29.3 Å². The number of carbonyl (C=O) groups is 1. The molecular weight excluding hydrogens is 434 g/mol. The highest BCUT2D eigenvalue weighted by Gasteiger charge is 2.26. The Balaban J connectivity index is 2.19. The molecule has 0 aliphatic heterocycles. The fraction of sp³-hybridized carbons (Fsp3) is 0.273. The molecule has 0 spiro atoms. The Kier molecular flexibility index (Phi) is 7.49. The van der Waals surface area contributed by atoms with Crippen molar-refractivity contribution < 1.29 is 23.2 Å². The van der Waals surface area contributed by atoms with E-state index in [2.05, 4.69) is 5.10 Å². The number of nitrogens with zero attached hydrogens (tertiary/aromatic N) is 3. The van der Waals surface area contributed by atoms with Crippen LogP contribution in [0.2, 0.25) is 0 Å². The number of anilines is 1. The van der Waals surface area contributed by atoms with Crippen molar-refractivity contribution in [1.29, 1.82) is 0 Å². The number of ether oxygens (including phenoxy) is 1. The third-order valence-electron chi connectivity index (χ3n) is 5.08. The highest BCUT2D eigenvalue weighted by Crippen LogP contribution is 2.39. The number of nitro benzene ring substituents is 1. The molecule has 2 aromatic rings. The first-order valence-corrected chi connectivity index (χ1v) is 11.2. The molecule has 0 radical (unpaired) electrons. The van der Waals surface area contributed by atoms with Gasteiger partial charge in [0.2, 0.25) is 0 Å². The summed E-state index contributed by atoms with van der Waals surface area (Å²) >= 11 is -2.14. The molecule has 0 heterocycles. The van der Waals surface area contributed by atoms with Crippen LogP contribution in [-0.4, -0.2) is 32.5 Å². The predicted octanol–water partition coefficient (Wildman–Crippen LogP) is 4.30. The number of hydrazone groups is 1. The number of rotatable bonds is 8. The first-order chi connectivity index (χ1) is 15.3. The van der Waals surface area contributed by atoms with Crippen LogP contribution in [0.15, 0.2) is 58.0 Å². The Hall–Kier alpha value is -3.37. The summed E-state index contributed by atoms with van der Waals surface area (Å²) in [7, 11) is 0. The van der Waals surface area contributed by atoms with Gasteiger partial charge in [-0.15, -0.1) is 0 Å². The number of hydrogen-bond acceptors (Lipinski definition) is 7. The van der Waals surface area contributed by atoms with Gasteiger partial charge in [0.05, 0.1) is 27.8 Å². The van der Waals surface area contributed by atoms with E-state index in [-0.39, 0.29) is 17.2 Å². The monoisotopic (exact) mass is 457 g/mol. The Morgan fingerprint density at radius 2 is 1.97 bits per heavy atom. The van der Waals surface area contributed by atoms with Gasteiger partial charge < -0.3 is 9.29 Å². The van der Waals surface area contributed by atoms with E-state index in [9.17, 15) is 23.7 Å². The first kappa shape index (κ1) is 23.3. The van der Waals surface area contributed by atoms with Gasteiger partial charge in [-0.1, -0.05) is 13.0 Å². The van der Waals surface area contributed by atoms with Crippen molar-refractivity contribution in [3.8, 4) is 0 Å². The molecule has 0 fully saturated rings. The molecule has 0 saturated carbocycles. The number of non-ortho nitro benzene ring substituents is 1. The Morgan fingerprint density at radius 3 is 2.56 bits per heavy atom. The summed E-state index contributed by atoms with van der Waals surface area (Å²) in [5.74, 6) is -0.626. The number of aryl methyl sites for hydroxylation is 1. The second-order valence-corrected chi connectivity index (χ2v) is 7.93. The van der Waals surface area contributed by atoms with E-state index >= 15 is 0 Å². The fourth-order valence-corrected chi connectivity index (χ4v) is 3.93. The van der Waals surface area contributed by atoms with Crippen LogP contribution in [0.25, 0.3) is 5.70 Å². The fourth-order valence-electron chi connectivity index (χ4n) is 3.56. The van der Waals surface area contributed by atoms with Crippen LogP contribution in [0.4, 0.5) is 11.4 Å². The Morgan fingerprint density at radius 1 is 1.25 bits per heavy atom. The van der Waals surface area contributed by atoms with Gasteiger partial charge in [0.15, 0.2) is 11.1 Å². The summed E-state index contributed by atoms with van der Waals surface area (Å²) in [6, 6.07) is 10.9. The number of fused-ring (bicyclic) bond motifs is 1. The maximum atomic E-state index is 12.0. The van der Waals surface area contributed by atoms with Gasteiger partial charge in [-0.25, -0.2) is 14.0 Å². The van der Waals surface area contributed by atoms with Crippen LogP contribution in [0, 0.1) is 10.1 Å². The van der Waals surface area contributed by atoms with Crippen LogP contribution in [0.1, 0.15) is 37.8 Å². The van der Waals surface area contributed by atoms with Crippen LogP contribution in [0.5, 0.6) is 0 Å². The van der Waals surface area contributed by atoms with Gasteiger partial charge >= 0.3 is 5.97 Å². The summed E-state index contributed by atoms with van der Waals surface area (Å²) in [5, 5.41) is 17.3. The molecule has 168 valence electrons. The lowest BCUT2D eigenvalue weighted by Gasteiger charge is -2.30. The number of allylic oxidation sites excluding steroid dienone is 1. The Labute approximate surface area is 187 Å². The standard InChI is InChI=1S/C22H23N3O6S/c1-3-15-5-6-16-7-8-18(25(27)28)13-20(16)22(15)24(23-14-21(26)31-4-2)17-9-11-19(12-10-17)32(29)30/h7-14H,3-6H2,1-2H3,(H,29,30)/b23-14+. The van der Waals surface area contributed by atoms with E-state index in [4.69, 9.17) is 4.74 Å². The second-order valence-electron chi connectivity index (χ2n) is 6.96. The lowest BCUT2D eigenvalue weighted by atomic mass is 9.87. The van der Waals surface area contributed by atoms with Crippen molar-refractivity contribution >= 4 is 40.3 Å². The number of carbonyl (C=O) groups excluding carboxylic acids is 1. The smallest absolute Gasteiger partial charge is 0.351 e. The molecule has 1 N–H and O–H groups in total. The van der Waals surface area contributed by atoms with E-state index in [0.717, 1.165) is 30.2 Å². The molecule has 0 saturated heterocycles. The lowest BCUT2D eigenvalue weighted by Crippen LogP contribution is -2.22. The average Bonchev–Trinajstić information content (AvgIpc) is 2.79. The molecule has 1 atom stereocenters. The molecule has 10 heteroatoms. The van der Waals surface area contributed by atoms with Gasteiger partial charge in [0, 0.05) is 17.7 Å². The third-order valence-corrected chi connectivity index (χ3v) is 5.75. The normalized spacial score (nSPS) is 14.2. The highest BCUT2D eigenvalue weighted by molar-refractivity contribution is 7.79. The van der Waals surface area contributed by atoms with Crippen molar-refractivity contribution in [1.82, 2.24) is 0 Å². The molecule has 1 aliphatic rings. The molecule has 0 bridgehead atoms. The molecular formula is C22H23N3O6S. The van der Waals surface area contributed by atoms with E-state index < -0.39 is 22.0 Å². The molecule has 3 rings (SSSR count). The summed E-state index contributed by atoms with van der Waals surface area (Å²) in [6.45, 7) is 3.87. The minimum Gasteiger partial charge on any atom is -0.462 e. The second kappa shape index (κ2) is 10.3. The summed E-state index contributed by atoms with van der Waals surface area (Å²) < 4.78 is 25.6. The van der Waals surface area contributed by atoms with Gasteiger partial charge in [-0.3, -0.25) is 10.1 Å². The van der Waals surface area contributed by atoms with Crippen LogP contribution in [0.3, 0.4) is 0 Å². The van der Waals surface area contributed by atoms with Gasteiger partial charge in [0.25, 0.3) is 5.69 Å². The van der Waals surface area contributed by atoms with Gasteiger partial charge in [0.1, 0.15) is 6.21 Å². The van der Waals surface area contributed by atoms with Crippen molar-refractivity contribution in [3.63, 3.8) is 0 Å². The maximum absolute atomic E-state index is 12.0. The van der Waals surface area contributed by atoms with Crippen molar-refractivity contribution in [3.05, 3.63) is 69.3 Å². The number of esters is 1. The topological polar surface area (TPSA) is 122 Å². The highest BCUT2D eigenvalue weighted by atomic mass is 32.2. The van der Waals surface area contributed by atoms with Crippen molar-refractivity contribution in [2.45, 2.75) is 38.0 Å².